The molecule has 1 N–H and O–H groups in total. The number of β-amino-alcohol motifs (C(OH)–C–C–N with tert-alkyl or cyclic N) is 1. The monoisotopic (exact) mass is 302 g/mol. The molecule has 0 spiro atoms. The van der Waals surface area contributed by atoms with E-state index in [1.54, 1.807) is 0 Å². The van der Waals surface area contributed by atoms with Gasteiger partial charge in [-0.05, 0) is 25.9 Å². The fourth-order valence-corrected chi connectivity index (χ4v) is 6.15. The van der Waals surface area contributed by atoms with Crippen molar-refractivity contribution in [3.63, 3.8) is 0 Å². The van der Waals surface area contributed by atoms with Crippen LogP contribution in [-0.2, 0) is 0 Å². The molecule has 3 fully saturated rings. The van der Waals surface area contributed by atoms with E-state index < -0.39 is 0 Å². The second-order valence-electron chi connectivity index (χ2n) is 5.99. The van der Waals surface area contributed by atoms with Gasteiger partial charge < -0.3 is 5.11 Å². The first kappa shape index (κ1) is 14.5. The standard InChI is InChI=1S/C14H26N2OS2/c17-14-9-16(12-10-18-6-7-19-11-12)8-13(14)15-4-2-1-3-5-15/h12-14,17H,1-11H2/t13-,14-/m0/s1. The van der Waals surface area contributed by atoms with E-state index in [1.807, 2.05) is 0 Å². The number of piperidine rings is 1. The lowest BCUT2D eigenvalue weighted by molar-refractivity contribution is 0.0705. The highest BCUT2D eigenvalue weighted by atomic mass is 32.2. The second kappa shape index (κ2) is 7.03. The van der Waals surface area contributed by atoms with E-state index >= 15 is 0 Å². The minimum Gasteiger partial charge on any atom is -0.390 e. The topological polar surface area (TPSA) is 26.7 Å². The first-order chi connectivity index (χ1) is 9.34. The number of nitrogens with zero attached hydrogens (tertiary/aromatic N) is 2. The Hall–Kier alpha value is 0.580. The zero-order valence-electron chi connectivity index (χ0n) is 11.7. The summed E-state index contributed by atoms with van der Waals surface area (Å²) in [5.41, 5.74) is 0. The van der Waals surface area contributed by atoms with Crippen LogP contribution in [-0.4, -0.2) is 82.3 Å². The highest BCUT2D eigenvalue weighted by Gasteiger charge is 2.38. The van der Waals surface area contributed by atoms with Crippen LogP contribution in [0.1, 0.15) is 19.3 Å². The molecular formula is C14H26N2OS2. The largest absolute Gasteiger partial charge is 0.390 e. The molecule has 19 heavy (non-hydrogen) atoms. The lowest BCUT2D eigenvalue weighted by atomic mass is 10.1. The van der Waals surface area contributed by atoms with Crippen molar-refractivity contribution in [2.24, 2.45) is 0 Å². The molecule has 0 aromatic carbocycles. The van der Waals surface area contributed by atoms with Gasteiger partial charge in [0.1, 0.15) is 0 Å². The smallest absolute Gasteiger partial charge is 0.0834 e. The minimum absolute atomic E-state index is 0.128. The molecule has 3 nitrogen and oxygen atoms in total. The summed E-state index contributed by atoms with van der Waals surface area (Å²) < 4.78 is 0. The third kappa shape index (κ3) is 3.62. The zero-order valence-corrected chi connectivity index (χ0v) is 13.3. The van der Waals surface area contributed by atoms with Gasteiger partial charge in [-0.25, -0.2) is 0 Å². The SMILES string of the molecule is O[C@H]1CN(C2CSCCSC2)C[C@@H]1N1CCCCC1. The number of hydrogen-bond donors (Lipinski definition) is 1. The Morgan fingerprint density at radius 1 is 0.842 bits per heavy atom. The number of rotatable bonds is 2. The molecule has 3 rings (SSSR count). The summed E-state index contributed by atoms with van der Waals surface area (Å²) in [4.78, 5) is 5.11. The molecule has 0 amide bonds. The Kier molecular flexibility index (Phi) is 5.37. The predicted octanol–water partition coefficient (Wildman–Crippen LogP) is 1.37. The normalized spacial score (nSPS) is 36.5. The van der Waals surface area contributed by atoms with Gasteiger partial charge in [-0.15, -0.1) is 0 Å². The van der Waals surface area contributed by atoms with Gasteiger partial charge in [0.25, 0.3) is 0 Å². The molecule has 110 valence electrons. The van der Waals surface area contributed by atoms with E-state index in [9.17, 15) is 5.11 Å². The van der Waals surface area contributed by atoms with Gasteiger partial charge in [0.15, 0.2) is 0 Å². The third-order valence-electron chi connectivity index (χ3n) is 4.66. The second-order valence-corrected chi connectivity index (χ2v) is 8.29. The molecule has 3 saturated heterocycles. The summed E-state index contributed by atoms with van der Waals surface area (Å²) in [6, 6.07) is 1.08. The van der Waals surface area contributed by atoms with Crippen molar-refractivity contribution >= 4 is 23.5 Å². The first-order valence-corrected chi connectivity index (χ1v) is 9.97. The molecular weight excluding hydrogens is 276 g/mol. The summed E-state index contributed by atoms with van der Waals surface area (Å²) in [6.45, 7) is 4.38. The summed E-state index contributed by atoms with van der Waals surface area (Å²) in [7, 11) is 0. The third-order valence-corrected chi connectivity index (χ3v) is 7.14. The maximum atomic E-state index is 10.4. The lowest BCUT2D eigenvalue weighted by Crippen LogP contribution is -2.46. The van der Waals surface area contributed by atoms with Gasteiger partial charge in [-0.2, -0.15) is 23.5 Å². The average molecular weight is 303 g/mol. The van der Waals surface area contributed by atoms with E-state index in [0.29, 0.717) is 12.1 Å². The summed E-state index contributed by atoms with van der Waals surface area (Å²) >= 11 is 4.18. The Labute approximate surface area is 125 Å². The molecule has 2 atom stereocenters. The van der Waals surface area contributed by atoms with Gasteiger partial charge >= 0.3 is 0 Å². The van der Waals surface area contributed by atoms with Crippen molar-refractivity contribution in [3.05, 3.63) is 0 Å². The fourth-order valence-electron chi connectivity index (χ4n) is 3.52. The molecule has 0 aromatic heterocycles. The van der Waals surface area contributed by atoms with Crippen LogP contribution in [0.2, 0.25) is 0 Å². The molecule has 0 unspecified atom stereocenters. The Morgan fingerprint density at radius 3 is 2.21 bits per heavy atom. The summed E-state index contributed by atoms with van der Waals surface area (Å²) in [5, 5.41) is 10.4. The summed E-state index contributed by atoms with van der Waals surface area (Å²) in [6.07, 6.45) is 3.88. The van der Waals surface area contributed by atoms with E-state index in [1.165, 1.54) is 55.4 Å². The van der Waals surface area contributed by atoms with E-state index in [-0.39, 0.29) is 6.10 Å². The number of aliphatic hydroxyl groups is 1. The molecule has 0 saturated carbocycles. The minimum atomic E-state index is -0.128. The maximum Gasteiger partial charge on any atom is 0.0834 e. The van der Waals surface area contributed by atoms with E-state index in [2.05, 4.69) is 33.3 Å². The first-order valence-electron chi connectivity index (χ1n) is 7.66. The molecule has 3 aliphatic rings. The van der Waals surface area contributed by atoms with Gasteiger partial charge in [-0.1, -0.05) is 6.42 Å². The Morgan fingerprint density at radius 2 is 1.53 bits per heavy atom. The quantitative estimate of drug-likeness (QED) is 0.831. The molecule has 0 bridgehead atoms. The molecule has 0 aliphatic carbocycles. The molecule has 3 heterocycles. The number of thioether (sulfide) groups is 2. The molecule has 0 aromatic rings. The van der Waals surface area contributed by atoms with Crippen LogP contribution in [0.25, 0.3) is 0 Å². The van der Waals surface area contributed by atoms with Crippen molar-refractivity contribution in [3.8, 4) is 0 Å². The van der Waals surface area contributed by atoms with Crippen molar-refractivity contribution in [2.45, 2.75) is 37.5 Å². The van der Waals surface area contributed by atoms with Crippen LogP contribution in [0.3, 0.4) is 0 Å². The predicted molar refractivity (Wildman–Crippen MR) is 85.2 cm³/mol. The van der Waals surface area contributed by atoms with Crippen molar-refractivity contribution in [1.29, 1.82) is 0 Å². The molecule has 3 aliphatic heterocycles. The van der Waals surface area contributed by atoms with E-state index in [0.717, 1.165) is 13.1 Å². The van der Waals surface area contributed by atoms with Crippen LogP contribution < -0.4 is 0 Å². The van der Waals surface area contributed by atoms with Crippen LogP contribution in [0.5, 0.6) is 0 Å². The highest BCUT2D eigenvalue weighted by molar-refractivity contribution is 8.03. The van der Waals surface area contributed by atoms with Crippen LogP contribution in [0.15, 0.2) is 0 Å². The van der Waals surface area contributed by atoms with E-state index in [4.69, 9.17) is 0 Å². The number of hydrogen-bond acceptors (Lipinski definition) is 5. The number of likely N-dealkylation sites (tertiary alicyclic amines) is 2. The lowest BCUT2D eigenvalue weighted by Gasteiger charge is -2.34. The van der Waals surface area contributed by atoms with Crippen LogP contribution >= 0.6 is 23.5 Å². The Bertz CT molecular complexity index is 279. The summed E-state index contributed by atoms with van der Waals surface area (Å²) in [5.74, 6) is 5.11. The zero-order chi connectivity index (χ0) is 13.1. The molecule has 0 radical (unpaired) electrons. The van der Waals surface area contributed by atoms with Gasteiger partial charge in [-0.3, -0.25) is 9.80 Å². The van der Waals surface area contributed by atoms with Crippen molar-refractivity contribution in [2.75, 3.05) is 49.2 Å². The van der Waals surface area contributed by atoms with Crippen LogP contribution in [0.4, 0.5) is 0 Å². The van der Waals surface area contributed by atoms with Gasteiger partial charge in [0.05, 0.1) is 6.10 Å². The number of aliphatic hydroxyl groups excluding tert-OH is 1. The average Bonchev–Trinajstić information content (AvgIpc) is 2.67. The highest BCUT2D eigenvalue weighted by Crippen LogP contribution is 2.26. The van der Waals surface area contributed by atoms with Gasteiger partial charge in [0.2, 0.25) is 0 Å². The van der Waals surface area contributed by atoms with Crippen LogP contribution in [0, 0.1) is 0 Å². The van der Waals surface area contributed by atoms with Gasteiger partial charge in [0, 0.05) is 48.2 Å². The van der Waals surface area contributed by atoms with Crippen molar-refractivity contribution in [1.82, 2.24) is 9.80 Å². The molecule has 5 heteroatoms. The fraction of sp³-hybridized carbons (Fsp3) is 1.00. The van der Waals surface area contributed by atoms with Crippen molar-refractivity contribution < 1.29 is 5.11 Å². The Balaban J connectivity index is 1.57. The maximum absolute atomic E-state index is 10.4.